The first kappa shape index (κ1) is 24.2. The van der Waals surface area contributed by atoms with E-state index in [4.69, 9.17) is 9.57 Å². The number of benzene rings is 2. The molecule has 0 heterocycles. The molecule has 0 spiro atoms. The monoisotopic (exact) mass is 446 g/mol. The van der Waals surface area contributed by atoms with Crippen LogP contribution >= 0.6 is 0 Å². The van der Waals surface area contributed by atoms with Crippen LogP contribution in [0.1, 0.15) is 39.3 Å². The van der Waals surface area contributed by atoms with Crippen molar-refractivity contribution in [1.29, 1.82) is 0 Å². The third-order valence-electron chi connectivity index (χ3n) is 3.84. The summed E-state index contributed by atoms with van der Waals surface area (Å²) in [5.74, 6) is 5.19. The number of hydroxylamine groups is 1. The molecule has 31 heavy (non-hydrogen) atoms. The van der Waals surface area contributed by atoms with E-state index in [1.165, 1.54) is 48.5 Å². The maximum Gasteiger partial charge on any atom is 0.266 e. The molecule has 0 aliphatic heterocycles. The second-order valence-electron chi connectivity index (χ2n) is 7.51. The molecule has 1 amide bonds. The minimum atomic E-state index is -4.07. The second-order valence-corrected chi connectivity index (χ2v) is 9.23. The zero-order valence-corrected chi connectivity index (χ0v) is 18.6. The third kappa shape index (κ3) is 7.61. The van der Waals surface area contributed by atoms with Gasteiger partial charge in [-0.25, -0.2) is 13.9 Å². The van der Waals surface area contributed by atoms with E-state index in [1.54, 1.807) is 27.7 Å². The third-order valence-corrected chi connectivity index (χ3v) is 5.28. The number of hydrogen-bond acceptors (Lipinski definition) is 6. The standard InChI is InChI=1S/C22H26N2O6S/c1-5-6-15-29-18-11-13-19(14-12-18)31(27,28)24-20(16-7-9-17(25)10-8-16)21(26)23-30-22(2,3)4/h7-14,20,24-25H,15H2,1-4H3,(H,23,26). The van der Waals surface area contributed by atoms with Crippen LogP contribution < -0.4 is 14.9 Å². The fourth-order valence-corrected chi connectivity index (χ4v) is 3.52. The number of rotatable bonds is 8. The Kier molecular flexibility index (Phi) is 8.05. The summed E-state index contributed by atoms with van der Waals surface area (Å²) in [5, 5.41) is 9.52. The molecular formula is C22H26N2O6S. The van der Waals surface area contributed by atoms with Crippen molar-refractivity contribution >= 4 is 15.9 Å². The predicted molar refractivity (Wildman–Crippen MR) is 116 cm³/mol. The molecule has 0 aromatic heterocycles. The summed E-state index contributed by atoms with van der Waals surface area (Å²) in [7, 11) is -4.07. The lowest BCUT2D eigenvalue weighted by molar-refractivity contribution is -0.147. The molecule has 0 aliphatic carbocycles. The number of aromatic hydroxyl groups is 1. The van der Waals surface area contributed by atoms with E-state index in [-0.39, 0.29) is 17.3 Å². The van der Waals surface area contributed by atoms with Crippen molar-refractivity contribution in [3.63, 3.8) is 0 Å². The Balaban J connectivity index is 2.25. The van der Waals surface area contributed by atoms with E-state index in [9.17, 15) is 18.3 Å². The Bertz CT molecular complexity index is 1050. The fourth-order valence-electron chi connectivity index (χ4n) is 2.33. The minimum Gasteiger partial charge on any atom is -0.508 e. The average molecular weight is 447 g/mol. The molecule has 0 radical (unpaired) electrons. The molecule has 0 fully saturated rings. The lowest BCUT2D eigenvalue weighted by Crippen LogP contribution is -2.43. The number of hydrogen-bond donors (Lipinski definition) is 3. The number of phenolic OH excluding ortho intramolecular Hbond substituents is 1. The summed E-state index contributed by atoms with van der Waals surface area (Å²) >= 11 is 0. The van der Waals surface area contributed by atoms with Crippen molar-refractivity contribution < 1.29 is 27.9 Å². The quantitative estimate of drug-likeness (QED) is 0.424. The van der Waals surface area contributed by atoms with Gasteiger partial charge in [-0.3, -0.25) is 9.63 Å². The number of carbonyl (C=O) groups is 1. The SMILES string of the molecule is CC#CCOc1ccc(S(=O)(=O)NC(C(=O)NOC(C)(C)C)c2ccc(O)cc2)cc1. The van der Waals surface area contributed by atoms with Gasteiger partial charge in [-0.1, -0.05) is 18.1 Å². The van der Waals surface area contributed by atoms with Crippen LogP contribution in [0.3, 0.4) is 0 Å². The molecule has 2 rings (SSSR count). The van der Waals surface area contributed by atoms with Crippen LogP contribution in [0.2, 0.25) is 0 Å². The Hall–Kier alpha value is -3.06. The number of ether oxygens (including phenoxy) is 1. The summed E-state index contributed by atoms with van der Waals surface area (Å²) in [6.07, 6.45) is 0. The second kappa shape index (κ2) is 10.3. The van der Waals surface area contributed by atoms with Crippen molar-refractivity contribution in [2.45, 2.75) is 44.2 Å². The largest absolute Gasteiger partial charge is 0.508 e. The highest BCUT2D eigenvalue weighted by atomic mass is 32.2. The molecule has 9 heteroatoms. The van der Waals surface area contributed by atoms with Crippen molar-refractivity contribution in [1.82, 2.24) is 10.2 Å². The van der Waals surface area contributed by atoms with E-state index >= 15 is 0 Å². The van der Waals surface area contributed by atoms with Gasteiger partial charge in [0.05, 0.1) is 10.5 Å². The summed E-state index contributed by atoms with van der Waals surface area (Å²) in [5.41, 5.74) is 1.94. The van der Waals surface area contributed by atoms with Gasteiger partial charge >= 0.3 is 0 Å². The highest BCUT2D eigenvalue weighted by Gasteiger charge is 2.28. The van der Waals surface area contributed by atoms with E-state index in [1.807, 2.05) is 0 Å². The van der Waals surface area contributed by atoms with Gasteiger partial charge in [0.1, 0.15) is 24.1 Å². The Morgan fingerprint density at radius 3 is 2.26 bits per heavy atom. The minimum absolute atomic E-state index is 0.0138. The van der Waals surface area contributed by atoms with Gasteiger partial charge in [0, 0.05) is 0 Å². The maximum atomic E-state index is 12.9. The van der Waals surface area contributed by atoms with Crippen molar-refractivity contribution in [3.05, 3.63) is 54.1 Å². The highest BCUT2D eigenvalue weighted by Crippen LogP contribution is 2.22. The Morgan fingerprint density at radius 2 is 1.71 bits per heavy atom. The summed E-state index contributed by atoms with van der Waals surface area (Å²) < 4.78 is 33.6. The molecule has 166 valence electrons. The van der Waals surface area contributed by atoms with Gasteiger partial charge in [-0.15, -0.1) is 5.92 Å². The Morgan fingerprint density at radius 1 is 1.10 bits per heavy atom. The predicted octanol–water partition coefficient (Wildman–Crippen LogP) is 2.66. The molecule has 8 nitrogen and oxygen atoms in total. The molecule has 0 saturated carbocycles. The van der Waals surface area contributed by atoms with Crippen LogP contribution in [0.5, 0.6) is 11.5 Å². The van der Waals surface area contributed by atoms with Gasteiger partial charge in [-0.2, -0.15) is 4.72 Å². The number of phenols is 1. The highest BCUT2D eigenvalue weighted by molar-refractivity contribution is 7.89. The van der Waals surface area contributed by atoms with E-state index in [2.05, 4.69) is 22.0 Å². The first-order valence-corrected chi connectivity index (χ1v) is 10.9. The zero-order valence-electron chi connectivity index (χ0n) is 17.8. The lowest BCUT2D eigenvalue weighted by Gasteiger charge is -2.23. The van der Waals surface area contributed by atoms with E-state index in [0.29, 0.717) is 11.3 Å². The van der Waals surface area contributed by atoms with Gasteiger partial charge in [0.2, 0.25) is 10.0 Å². The molecule has 0 bridgehead atoms. The smallest absolute Gasteiger partial charge is 0.266 e. The topological polar surface area (TPSA) is 114 Å². The first-order valence-electron chi connectivity index (χ1n) is 9.43. The molecule has 2 aromatic carbocycles. The van der Waals surface area contributed by atoms with E-state index < -0.39 is 27.6 Å². The van der Waals surface area contributed by atoms with Gasteiger partial charge in [-0.05, 0) is 69.7 Å². The average Bonchev–Trinajstić information content (AvgIpc) is 2.71. The molecule has 0 saturated heterocycles. The number of carbonyl (C=O) groups excluding carboxylic acids is 1. The molecule has 1 atom stereocenters. The van der Waals surface area contributed by atoms with Gasteiger partial charge in [0.25, 0.3) is 5.91 Å². The number of nitrogens with one attached hydrogen (secondary N) is 2. The van der Waals surface area contributed by atoms with Gasteiger partial charge in [0.15, 0.2) is 0 Å². The Labute approximate surface area is 182 Å². The lowest BCUT2D eigenvalue weighted by atomic mass is 10.1. The van der Waals surface area contributed by atoms with Crippen LogP contribution in [-0.4, -0.2) is 31.6 Å². The molecule has 3 N–H and O–H groups in total. The number of sulfonamides is 1. The van der Waals surface area contributed by atoms with Crippen molar-refractivity contribution in [2.24, 2.45) is 0 Å². The summed E-state index contributed by atoms with van der Waals surface area (Å²) in [6, 6.07) is 10.1. The fraction of sp³-hybridized carbons (Fsp3) is 0.318. The molecule has 0 aliphatic rings. The maximum absolute atomic E-state index is 12.9. The van der Waals surface area contributed by atoms with Crippen LogP contribution in [0.15, 0.2) is 53.4 Å². The normalized spacial score (nSPS) is 12.4. The zero-order chi connectivity index (χ0) is 23.1. The van der Waals surface area contributed by atoms with Crippen LogP contribution in [-0.2, 0) is 19.7 Å². The van der Waals surface area contributed by atoms with Crippen LogP contribution in [0.25, 0.3) is 0 Å². The molecular weight excluding hydrogens is 420 g/mol. The van der Waals surface area contributed by atoms with Crippen LogP contribution in [0.4, 0.5) is 0 Å². The summed E-state index contributed by atoms with van der Waals surface area (Å²) in [4.78, 5) is 18.0. The summed E-state index contributed by atoms with van der Waals surface area (Å²) in [6.45, 7) is 7.10. The van der Waals surface area contributed by atoms with Gasteiger partial charge < -0.3 is 9.84 Å². The van der Waals surface area contributed by atoms with Crippen molar-refractivity contribution in [2.75, 3.05) is 6.61 Å². The molecule has 1 unspecified atom stereocenters. The van der Waals surface area contributed by atoms with E-state index in [0.717, 1.165) is 0 Å². The van der Waals surface area contributed by atoms with Crippen LogP contribution in [0, 0.1) is 11.8 Å². The first-order chi connectivity index (χ1) is 14.5. The molecule has 2 aromatic rings. The number of amides is 1. The van der Waals surface area contributed by atoms with Crippen molar-refractivity contribution in [3.8, 4) is 23.3 Å².